The van der Waals surface area contributed by atoms with Gasteiger partial charge in [0.15, 0.2) is 0 Å². The number of pyridine rings is 1. The summed E-state index contributed by atoms with van der Waals surface area (Å²) < 4.78 is 6.11. The molecule has 2 aromatic rings. The zero-order valence-corrected chi connectivity index (χ0v) is 18.5. The van der Waals surface area contributed by atoms with Gasteiger partial charge in [0.1, 0.15) is 5.75 Å². The van der Waals surface area contributed by atoms with E-state index in [-0.39, 0.29) is 17.2 Å². The number of aromatic amines is 1. The number of hydrogen-bond acceptors (Lipinski definition) is 3. The van der Waals surface area contributed by atoms with E-state index in [9.17, 15) is 9.90 Å². The van der Waals surface area contributed by atoms with Crippen LogP contribution in [0, 0.1) is 11.8 Å². The molecular formula is C26H35NO3. The van der Waals surface area contributed by atoms with Crippen molar-refractivity contribution in [1.29, 1.82) is 0 Å². The predicted octanol–water partition coefficient (Wildman–Crippen LogP) is 6.38. The summed E-state index contributed by atoms with van der Waals surface area (Å²) in [5.41, 5.74) is 2.83. The molecule has 0 amide bonds. The van der Waals surface area contributed by atoms with Crippen molar-refractivity contribution in [2.75, 3.05) is 6.61 Å². The fourth-order valence-corrected chi connectivity index (χ4v) is 4.22. The second-order valence-corrected chi connectivity index (χ2v) is 8.69. The van der Waals surface area contributed by atoms with E-state index in [1.807, 2.05) is 30.3 Å². The normalized spacial score (nSPS) is 20.0. The van der Waals surface area contributed by atoms with Gasteiger partial charge >= 0.3 is 0 Å². The van der Waals surface area contributed by atoms with Crippen molar-refractivity contribution >= 4 is 0 Å². The highest BCUT2D eigenvalue weighted by Gasteiger charge is 2.29. The van der Waals surface area contributed by atoms with E-state index < -0.39 is 6.10 Å². The van der Waals surface area contributed by atoms with Crippen molar-refractivity contribution in [3.63, 3.8) is 0 Å². The first kappa shape index (κ1) is 22.4. The minimum Gasteiger partial charge on any atom is -0.507 e. The zero-order chi connectivity index (χ0) is 21.5. The minimum atomic E-state index is -0.438. The Balaban J connectivity index is 1.67. The van der Waals surface area contributed by atoms with Crippen molar-refractivity contribution in [2.24, 2.45) is 11.8 Å². The van der Waals surface area contributed by atoms with E-state index in [4.69, 9.17) is 4.74 Å². The molecule has 0 radical (unpaired) electrons. The number of aromatic nitrogens is 1. The van der Waals surface area contributed by atoms with Gasteiger partial charge in [-0.2, -0.15) is 0 Å². The molecule has 2 heterocycles. The Kier molecular flexibility index (Phi) is 7.92. The van der Waals surface area contributed by atoms with Crippen LogP contribution >= 0.6 is 0 Å². The number of hydrogen-bond donors (Lipinski definition) is 2. The highest BCUT2D eigenvalue weighted by Crippen LogP contribution is 2.39. The third-order valence-corrected chi connectivity index (χ3v) is 6.29. The lowest BCUT2D eigenvalue weighted by Crippen LogP contribution is -2.26. The van der Waals surface area contributed by atoms with Gasteiger partial charge in [-0.05, 0) is 29.9 Å². The first-order valence-electron chi connectivity index (χ1n) is 11.3. The molecule has 0 bridgehead atoms. The molecule has 4 heteroatoms. The third-order valence-electron chi connectivity index (χ3n) is 6.29. The predicted molar refractivity (Wildman–Crippen MR) is 123 cm³/mol. The highest BCUT2D eigenvalue weighted by atomic mass is 16.5. The van der Waals surface area contributed by atoms with E-state index in [2.05, 4.69) is 31.8 Å². The summed E-state index contributed by atoms with van der Waals surface area (Å²) in [4.78, 5) is 15.3. The van der Waals surface area contributed by atoms with E-state index in [0.29, 0.717) is 17.7 Å². The Morgan fingerprint density at radius 2 is 1.97 bits per heavy atom. The molecule has 3 atom stereocenters. The van der Waals surface area contributed by atoms with E-state index in [1.54, 1.807) is 6.20 Å². The molecule has 0 spiro atoms. The molecule has 4 nitrogen and oxygen atoms in total. The average molecular weight is 410 g/mol. The maximum Gasteiger partial charge on any atom is 0.257 e. The second-order valence-electron chi connectivity index (χ2n) is 8.69. The summed E-state index contributed by atoms with van der Waals surface area (Å²) in [7, 11) is 0. The quantitative estimate of drug-likeness (QED) is 0.373. The van der Waals surface area contributed by atoms with Crippen LogP contribution in [-0.2, 0) is 4.74 Å². The van der Waals surface area contributed by atoms with Crippen molar-refractivity contribution in [2.45, 2.75) is 65.4 Å². The lowest BCUT2D eigenvalue weighted by Gasteiger charge is -2.29. The average Bonchev–Trinajstić information content (AvgIpc) is 2.75. The van der Waals surface area contributed by atoms with Crippen LogP contribution in [0.1, 0.15) is 71.0 Å². The summed E-state index contributed by atoms with van der Waals surface area (Å²) in [6, 6.07) is 9.59. The number of ether oxygens (including phenoxy) is 1. The molecular weight excluding hydrogens is 374 g/mol. The molecule has 2 N–H and O–H groups in total. The van der Waals surface area contributed by atoms with Crippen molar-refractivity contribution in [3.8, 4) is 16.9 Å². The Hall–Kier alpha value is -2.33. The van der Waals surface area contributed by atoms with Crippen molar-refractivity contribution < 1.29 is 9.84 Å². The Labute approximate surface area is 180 Å². The Morgan fingerprint density at radius 1 is 1.20 bits per heavy atom. The van der Waals surface area contributed by atoms with E-state index >= 15 is 0 Å². The lowest BCUT2D eigenvalue weighted by atomic mass is 9.90. The number of benzene rings is 1. The molecule has 0 fully saturated rings. The van der Waals surface area contributed by atoms with Gasteiger partial charge in [0.2, 0.25) is 0 Å². The SMILES string of the molecule is CCC(C)CCCCCC1=C[C@@H](C)[C@H](c2c(O)c(-c3ccccc3)c[nH]c2=O)OC1. The van der Waals surface area contributed by atoms with Crippen LogP contribution < -0.4 is 5.56 Å². The van der Waals surface area contributed by atoms with Crippen molar-refractivity contribution in [1.82, 2.24) is 4.98 Å². The molecule has 1 aromatic heterocycles. The molecule has 1 aliphatic rings. The van der Waals surface area contributed by atoms with Crippen molar-refractivity contribution in [3.05, 3.63) is 64.1 Å². The Morgan fingerprint density at radius 3 is 2.67 bits per heavy atom. The van der Waals surface area contributed by atoms with Crippen LogP contribution in [0.2, 0.25) is 0 Å². The smallest absolute Gasteiger partial charge is 0.257 e. The first-order chi connectivity index (χ1) is 14.5. The zero-order valence-electron chi connectivity index (χ0n) is 18.5. The number of aromatic hydroxyl groups is 1. The monoisotopic (exact) mass is 409 g/mol. The van der Waals surface area contributed by atoms with Crippen LogP contribution in [0.15, 0.2) is 53.0 Å². The van der Waals surface area contributed by atoms with Gasteiger partial charge in [0.25, 0.3) is 5.56 Å². The van der Waals surface area contributed by atoms with E-state index in [1.165, 1.54) is 37.7 Å². The standard InChI is InChI=1S/C26H35NO3/c1-4-18(2)11-7-5-8-12-20-15-19(3)25(30-17-20)23-24(28)22(16-27-26(23)29)21-13-9-6-10-14-21/h6,9-10,13-16,18-19,25H,4-5,7-8,11-12,17H2,1-3H3,(H2,27,28,29)/t18?,19-,25-/m1/s1. The largest absolute Gasteiger partial charge is 0.507 e. The third kappa shape index (κ3) is 5.42. The van der Waals surface area contributed by atoms with Gasteiger partial charge in [-0.3, -0.25) is 4.79 Å². The Bertz CT molecular complexity index is 900. The summed E-state index contributed by atoms with van der Waals surface area (Å²) >= 11 is 0. The van der Waals surface area contributed by atoms with Gasteiger partial charge in [-0.25, -0.2) is 0 Å². The first-order valence-corrected chi connectivity index (χ1v) is 11.3. The molecule has 0 saturated carbocycles. The summed E-state index contributed by atoms with van der Waals surface area (Å²) in [6.45, 7) is 7.16. The van der Waals surface area contributed by atoms with Gasteiger partial charge < -0.3 is 14.8 Å². The van der Waals surface area contributed by atoms with Crippen LogP contribution in [0.3, 0.4) is 0 Å². The molecule has 162 valence electrons. The van der Waals surface area contributed by atoms with Crippen LogP contribution in [0.4, 0.5) is 0 Å². The molecule has 3 rings (SSSR count). The molecule has 0 saturated heterocycles. The lowest BCUT2D eigenvalue weighted by molar-refractivity contribution is 0.0274. The van der Waals surface area contributed by atoms with Gasteiger partial charge in [0, 0.05) is 17.7 Å². The molecule has 0 aliphatic carbocycles. The van der Waals surface area contributed by atoms with Crippen LogP contribution in [-0.4, -0.2) is 16.7 Å². The summed E-state index contributed by atoms with van der Waals surface area (Å²) in [6.07, 6.45) is 10.7. The highest BCUT2D eigenvalue weighted by molar-refractivity contribution is 5.70. The summed E-state index contributed by atoms with van der Waals surface area (Å²) in [5.74, 6) is 0.871. The number of nitrogens with one attached hydrogen (secondary N) is 1. The maximum absolute atomic E-state index is 12.6. The minimum absolute atomic E-state index is 0.0173. The number of rotatable bonds is 9. The van der Waals surface area contributed by atoms with Gasteiger partial charge in [-0.1, -0.05) is 82.9 Å². The molecule has 1 aromatic carbocycles. The second kappa shape index (κ2) is 10.6. The molecule has 30 heavy (non-hydrogen) atoms. The molecule has 1 unspecified atom stereocenters. The summed E-state index contributed by atoms with van der Waals surface area (Å²) in [5, 5.41) is 10.9. The van der Waals surface area contributed by atoms with Crippen LogP contribution in [0.5, 0.6) is 5.75 Å². The number of H-pyrrole nitrogens is 1. The van der Waals surface area contributed by atoms with Gasteiger partial charge in [-0.15, -0.1) is 0 Å². The maximum atomic E-state index is 12.6. The van der Waals surface area contributed by atoms with Gasteiger partial charge in [0.05, 0.1) is 18.3 Å². The fraction of sp³-hybridized carbons (Fsp3) is 0.500. The fourth-order valence-electron chi connectivity index (χ4n) is 4.22. The van der Waals surface area contributed by atoms with Crippen LogP contribution in [0.25, 0.3) is 11.1 Å². The topological polar surface area (TPSA) is 62.3 Å². The number of unbranched alkanes of at least 4 members (excludes halogenated alkanes) is 2. The molecule has 1 aliphatic heterocycles. The van der Waals surface area contributed by atoms with E-state index in [0.717, 1.165) is 17.9 Å².